The zero-order valence-corrected chi connectivity index (χ0v) is 7.62. The van der Waals surface area contributed by atoms with Gasteiger partial charge in [0.15, 0.2) is 0 Å². The standard InChI is InChI=1S/C10H12N4/c11-5-3-6-7(12)1-2-8(13)10(6)9(14)4-5/h1-4H,11-14H2. The number of nitrogens with two attached hydrogens (primary N) is 4. The van der Waals surface area contributed by atoms with E-state index < -0.39 is 0 Å². The van der Waals surface area contributed by atoms with Gasteiger partial charge in [-0.3, -0.25) is 0 Å². The van der Waals surface area contributed by atoms with E-state index >= 15 is 0 Å². The SMILES string of the molecule is Nc1cc(N)c2c(N)ccc(N)c2c1. The predicted octanol–water partition coefficient (Wildman–Crippen LogP) is 1.17. The maximum absolute atomic E-state index is 5.81. The van der Waals surface area contributed by atoms with Crippen LogP contribution in [0.4, 0.5) is 22.7 Å². The summed E-state index contributed by atoms with van der Waals surface area (Å²) in [6.45, 7) is 0. The fourth-order valence-corrected chi connectivity index (χ4v) is 1.59. The third kappa shape index (κ3) is 1.08. The molecule has 0 aromatic heterocycles. The largest absolute Gasteiger partial charge is 0.399 e. The van der Waals surface area contributed by atoms with Gasteiger partial charge in [0.05, 0.1) is 0 Å². The minimum Gasteiger partial charge on any atom is -0.399 e. The normalized spacial score (nSPS) is 10.6. The van der Waals surface area contributed by atoms with Crippen LogP contribution in [0.25, 0.3) is 10.8 Å². The molecular weight excluding hydrogens is 176 g/mol. The van der Waals surface area contributed by atoms with Crippen LogP contribution in [0.5, 0.6) is 0 Å². The molecule has 0 spiro atoms. The molecule has 4 nitrogen and oxygen atoms in total. The molecule has 0 atom stereocenters. The third-order valence-electron chi connectivity index (χ3n) is 2.23. The maximum atomic E-state index is 5.81. The van der Waals surface area contributed by atoms with Crippen LogP contribution in [0.2, 0.25) is 0 Å². The minimum absolute atomic E-state index is 0.560. The van der Waals surface area contributed by atoms with Crippen molar-refractivity contribution in [2.45, 2.75) is 0 Å². The summed E-state index contributed by atoms with van der Waals surface area (Å²) in [6, 6.07) is 6.94. The van der Waals surface area contributed by atoms with Gasteiger partial charge in [0.2, 0.25) is 0 Å². The van der Waals surface area contributed by atoms with Gasteiger partial charge in [-0.2, -0.15) is 0 Å². The molecular formula is C10H12N4. The Balaban J connectivity index is 3.00. The van der Waals surface area contributed by atoms with Crippen LogP contribution >= 0.6 is 0 Å². The Morgan fingerprint density at radius 3 is 2.07 bits per heavy atom. The zero-order valence-electron chi connectivity index (χ0n) is 7.62. The van der Waals surface area contributed by atoms with Crippen LogP contribution in [0.1, 0.15) is 0 Å². The van der Waals surface area contributed by atoms with E-state index in [0.717, 1.165) is 10.8 Å². The first-order chi connectivity index (χ1) is 6.59. The Kier molecular flexibility index (Phi) is 1.64. The first-order valence-electron chi connectivity index (χ1n) is 4.22. The van der Waals surface area contributed by atoms with Crippen LogP contribution < -0.4 is 22.9 Å². The Bertz CT molecular complexity index is 505. The third-order valence-corrected chi connectivity index (χ3v) is 2.23. The average molecular weight is 188 g/mol. The van der Waals surface area contributed by atoms with Crippen LogP contribution in [0.3, 0.4) is 0 Å². The molecule has 0 bridgehead atoms. The lowest BCUT2D eigenvalue weighted by molar-refractivity contribution is 1.68. The highest BCUT2D eigenvalue weighted by molar-refractivity contribution is 6.08. The van der Waals surface area contributed by atoms with E-state index in [4.69, 9.17) is 22.9 Å². The highest BCUT2D eigenvalue weighted by Gasteiger charge is 2.05. The summed E-state index contributed by atoms with van der Waals surface area (Å²) in [7, 11) is 0. The van der Waals surface area contributed by atoms with Gasteiger partial charge < -0.3 is 22.9 Å². The zero-order chi connectivity index (χ0) is 10.3. The van der Waals surface area contributed by atoms with Gasteiger partial charge in [-0.05, 0) is 24.3 Å². The molecule has 0 radical (unpaired) electrons. The molecule has 14 heavy (non-hydrogen) atoms. The molecule has 72 valence electrons. The smallest absolute Gasteiger partial charge is 0.0436 e. The number of nitrogen functional groups attached to an aromatic ring is 4. The first-order valence-corrected chi connectivity index (χ1v) is 4.22. The number of hydrogen-bond acceptors (Lipinski definition) is 4. The van der Waals surface area contributed by atoms with Crippen LogP contribution in [-0.2, 0) is 0 Å². The topological polar surface area (TPSA) is 104 Å². The van der Waals surface area contributed by atoms with Crippen molar-refractivity contribution in [1.29, 1.82) is 0 Å². The summed E-state index contributed by atoms with van der Waals surface area (Å²) in [5, 5.41) is 1.58. The second kappa shape index (κ2) is 2.70. The number of hydrogen-bond donors (Lipinski definition) is 4. The summed E-state index contributed by atoms with van der Waals surface area (Å²) < 4.78 is 0. The Hall–Kier alpha value is -2.10. The minimum atomic E-state index is 0.560. The quantitative estimate of drug-likeness (QED) is 0.466. The van der Waals surface area contributed by atoms with Crippen molar-refractivity contribution in [3.63, 3.8) is 0 Å². The molecule has 0 saturated heterocycles. The Morgan fingerprint density at radius 1 is 0.714 bits per heavy atom. The van der Waals surface area contributed by atoms with E-state index in [2.05, 4.69) is 0 Å². The lowest BCUT2D eigenvalue weighted by Crippen LogP contribution is -1.98. The van der Waals surface area contributed by atoms with Crippen LogP contribution in [0, 0.1) is 0 Å². The van der Waals surface area contributed by atoms with Gasteiger partial charge in [0.1, 0.15) is 0 Å². The van der Waals surface area contributed by atoms with Gasteiger partial charge in [-0.25, -0.2) is 0 Å². The van der Waals surface area contributed by atoms with Gasteiger partial charge in [-0.1, -0.05) is 0 Å². The number of benzene rings is 2. The van der Waals surface area contributed by atoms with E-state index in [1.165, 1.54) is 0 Å². The van der Waals surface area contributed by atoms with Crippen molar-refractivity contribution in [2.24, 2.45) is 0 Å². The first kappa shape index (κ1) is 8.50. The number of fused-ring (bicyclic) bond motifs is 1. The van der Waals surface area contributed by atoms with Crippen LogP contribution in [-0.4, -0.2) is 0 Å². The van der Waals surface area contributed by atoms with Crippen molar-refractivity contribution in [2.75, 3.05) is 22.9 Å². The van der Waals surface area contributed by atoms with E-state index in [1.807, 2.05) is 0 Å². The summed E-state index contributed by atoms with van der Waals surface area (Å²) in [4.78, 5) is 0. The summed E-state index contributed by atoms with van der Waals surface area (Å²) in [5.41, 5.74) is 25.5. The average Bonchev–Trinajstić information content (AvgIpc) is 2.10. The van der Waals surface area contributed by atoms with Gasteiger partial charge in [0.25, 0.3) is 0 Å². The fourth-order valence-electron chi connectivity index (χ4n) is 1.59. The van der Waals surface area contributed by atoms with Gasteiger partial charge in [0, 0.05) is 33.5 Å². The molecule has 0 aliphatic rings. The predicted molar refractivity (Wildman–Crippen MR) is 61.6 cm³/mol. The molecule has 0 aliphatic carbocycles. The molecule has 4 heteroatoms. The number of anilines is 4. The van der Waals surface area contributed by atoms with E-state index in [1.54, 1.807) is 24.3 Å². The molecule has 0 heterocycles. The van der Waals surface area contributed by atoms with E-state index in [-0.39, 0.29) is 0 Å². The lowest BCUT2D eigenvalue weighted by atomic mass is 10.0. The molecule has 2 aromatic carbocycles. The summed E-state index contributed by atoms with van der Waals surface area (Å²) in [5.74, 6) is 0. The fraction of sp³-hybridized carbons (Fsp3) is 0. The molecule has 0 unspecified atom stereocenters. The molecule has 0 amide bonds. The van der Waals surface area contributed by atoms with Crippen molar-refractivity contribution in [3.05, 3.63) is 24.3 Å². The highest BCUT2D eigenvalue weighted by Crippen LogP contribution is 2.33. The van der Waals surface area contributed by atoms with E-state index in [9.17, 15) is 0 Å². The molecule has 2 aromatic rings. The van der Waals surface area contributed by atoms with Crippen molar-refractivity contribution in [1.82, 2.24) is 0 Å². The molecule has 0 saturated carbocycles. The van der Waals surface area contributed by atoms with E-state index in [0.29, 0.717) is 22.7 Å². The monoisotopic (exact) mass is 188 g/mol. The summed E-state index contributed by atoms with van der Waals surface area (Å²) in [6.07, 6.45) is 0. The second-order valence-corrected chi connectivity index (χ2v) is 3.28. The number of rotatable bonds is 0. The van der Waals surface area contributed by atoms with Crippen molar-refractivity contribution >= 4 is 33.5 Å². The summed E-state index contributed by atoms with van der Waals surface area (Å²) >= 11 is 0. The molecule has 2 rings (SSSR count). The van der Waals surface area contributed by atoms with Crippen molar-refractivity contribution < 1.29 is 0 Å². The van der Waals surface area contributed by atoms with Gasteiger partial charge >= 0.3 is 0 Å². The second-order valence-electron chi connectivity index (χ2n) is 3.28. The van der Waals surface area contributed by atoms with Crippen LogP contribution in [0.15, 0.2) is 24.3 Å². The highest BCUT2D eigenvalue weighted by atomic mass is 14.7. The molecule has 0 aliphatic heterocycles. The molecule has 0 fully saturated rings. The maximum Gasteiger partial charge on any atom is 0.0436 e. The lowest BCUT2D eigenvalue weighted by Gasteiger charge is -2.09. The Morgan fingerprint density at radius 2 is 1.36 bits per heavy atom. The van der Waals surface area contributed by atoms with Crippen molar-refractivity contribution in [3.8, 4) is 0 Å². The van der Waals surface area contributed by atoms with Gasteiger partial charge in [-0.15, -0.1) is 0 Å². The Labute approximate surface area is 81.5 Å². The molecule has 8 N–H and O–H groups in total.